The smallest absolute Gasteiger partial charge is 0.462 e. The Hall–Kier alpha value is -2.86. The van der Waals surface area contributed by atoms with Crippen molar-refractivity contribution in [2.75, 3.05) is 59.5 Å². The minimum absolute atomic E-state index is 0.0599. The molecule has 0 aliphatic heterocycles. The first kappa shape index (κ1) is 32.1. The van der Waals surface area contributed by atoms with Crippen LogP contribution in [0.1, 0.15) is 40.5 Å². The van der Waals surface area contributed by atoms with Crippen LogP contribution >= 0.6 is 0 Å². The van der Waals surface area contributed by atoms with Crippen LogP contribution in [0.15, 0.2) is 12.2 Å². The normalized spacial score (nSPS) is 11.3. The maximum atomic E-state index is 11.9. The van der Waals surface area contributed by atoms with E-state index in [1.807, 2.05) is 6.92 Å². The van der Waals surface area contributed by atoms with Crippen LogP contribution < -0.4 is 0 Å². The third kappa shape index (κ3) is 19.2. The molecule has 0 aliphatic carbocycles. The fraction of sp³-hybridized carbons (Fsp3) is 0.739. The van der Waals surface area contributed by atoms with E-state index in [0.29, 0.717) is 19.8 Å². The molecule has 0 bridgehead atoms. The van der Waals surface area contributed by atoms with Crippen molar-refractivity contribution in [2.45, 2.75) is 46.6 Å². The molecular formula is C23H38O12. The molecule has 0 radical (unpaired) electrons. The van der Waals surface area contributed by atoms with Gasteiger partial charge in [0.2, 0.25) is 0 Å². The molecule has 0 heterocycles. The van der Waals surface area contributed by atoms with Crippen molar-refractivity contribution in [1.29, 1.82) is 0 Å². The molecule has 0 amide bonds. The molecule has 0 aromatic rings. The van der Waals surface area contributed by atoms with Crippen molar-refractivity contribution in [3.63, 3.8) is 0 Å². The largest absolute Gasteiger partial charge is 0.508 e. The van der Waals surface area contributed by atoms with Gasteiger partial charge >= 0.3 is 24.2 Å². The summed E-state index contributed by atoms with van der Waals surface area (Å²) >= 11 is 0. The van der Waals surface area contributed by atoms with E-state index in [4.69, 9.17) is 37.9 Å². The molecule has 0 saturated carbocycles. The molecule has 12 nitrogen and oxygen atoms in total. The fourth-order valence-corrected chi connectivity index (χ4v) is 2.07. The minimum atomic E-state index is -1.05. The zero-order chi connectivity index (χ0) is 26.5. The maximum Gasteiger partial charge on any atom is 0.508 e. The predicted molar refractivity (Wildman–Crippen MR) is 122 cm³/mol. The quantitative estimate of drug-likeness (QED) is 0.110. The highest BCUT2D eigenvalue weighted by molar-refractivity contribution is 5.86. The van der Waals surface area contributed by atoms with Gasteiger partial charge in [-0.25, -0.2) is 14.4 Å². The Morgan fingerprint density at radius 3 is 1.89 bits per heavy atom. The summed E-state index contributed by atoms with van der Waals surface area (Å²) in [6, 6.07) is 0. The monoisotopic (exact) mass is 506 g/mol. The van der Waals surface area contributed by atoms with Crippen molar-refractivity contribution < 1.29 is 57.1 Å². The Balaban J connectivity index is 4.40. The number of rotatable bonds is 19. The summed E-state index contributed by atoms with van der Waals surface area (Å²) in [6.45, 7) is 10.7. The number of hydrogen-bond donors (Lipinski definition) is 0. The molecule has 1 atom stereocenters. The SMILES string of the molecule is C=C(C)C(=O)OCCOC(=O)OCC(COCCCCOCC)OC(=O)OCCOC(=O)C(C)C. The summed E-state index contributed by atoms with van der Waals surface area (Å²) in [5.74, 6) is -1.32. The van der Waals surface area contributed by atoms with Crippen LogP contribution in [0.5, 0.6) is 0 Å². The first-order chi connectivity index (χ1) is 16.7. The molecule has 0 rings (SSSR count). The lowest BCUT2D eigenvalue weighted by Gasteiger charge is -2.18. The number of unbranched alkanes of at least 4 members (excludes halogenated alkanes) is 1. The molecule has 0 aromatic heterocycles. The summed E-state index contributed by atoms with van der Waals surface area (Å²) in [4.78, 5) is 46.3. The van der Waals surface area contributed by atoms with Crippen molar-refractivity contribution in [2.24, 2.45) is 5.92 Å². The predicted octanol–water partition coefficient (Wildman–Crippen LogP) is 2.81. The summed E-state index contributed by atoms with van der Waals surface area (Å²) in [6.07, 6.45) is -1.53. The van der Waals surface area contributed by atoms with Crippen LogP contribution in [0, 0.1) is 5.92 Å². The van der Waals surface area contributed by atoms with Gasteiger partial charge in [-0.3, -0.25) is 4.79 Å². The Bertz CT molecular complexity index is 646. The van der Waals surface area contributed by atoms with E-state index in [9.17, 15) is 19.2 Å². The van der Waals surface area contributed by atoms with Gasteiger partial charge in [0.25, 0.3) is 0 Å². The molecule has 0 fully saturated rings. The molecule has 1 unspecified atom stereocenters. The van der Waals surface area contributed by atoms with Crippen molar-refractivity contribution >= 4 is 24.2 Å². The van der Waals surface area contributed by atoms with Crippen LogP contribution in [0.25, 0.3) is 0 Å². The molecule has 0 aliphatic rings. The van der Waals surface area contributed by atoms with Gasteiger partial charge in [0.1, 0.15) is 33.0 Å². The first-order valence-electron chi connectivity index (χ1n) is 11.4. The lowest BCUT2D eigenvalue weighted by atomic mass is 10.2. The average molecular weight is 507 g/mol. The number of carbonyl (C=O) groups excluding carboxylic acids is 4. The van der Waals surface area contributed by atoms with Gasteiger partial charge in [-0.15, -0.1) is 0 Å². The van der Waals surface area contributed by atoms with Gasteiger partial charge < -0.3 is 37.9 Å². The Morgan fingerprint density at radius 2 is 1.29 bits per heavy atom. The molecule has 0 N–H and O–H groups in total. The second kappa shape index (κ2) is 20.5. The number of esters is 2. The fourth-order valence-electron chi connectivity index (χ4n) is 2.07. The van der Waals surface area contributed by atoms with Gasteiger partial charge in [-0.05, 0) is 26.7 Å². The Kier molecular flexibility index (Phi) is 18.8. The van der Waals surface area contributed by atoms with Crippen LogP contribution in [0.3, 0.4) is 0 Å². The van der Waals surface area contributed by atoms with Crippen LogP contribution in [0.4, 0.5) is 9.59 Å². The third-order valence-corrected chi connectivity index (χ3v) is 3.89. The molecule has 0 saturated heterocycles. The highest BCUT2D eigenvalue weighted by atomic mass is 16.8. The topological polar surface area (TPSA) is 142 Å². The zero-order valence-electron chi connectivity index (χ0n) is 21.0. The Morgan fingerprint density at radius 1 is 0.714 bits per heavy atom. The first-order valence-corrected chi connectivity index (χ1v) is 11.4. The molecule has 0 aromatic carbocycles. The van der Waals surface area contributed by atoms with E-state index in [0.717, 1.165) is 12.8 Å². The van der Waals surface area contributed by atoms with E-state index in [-0.39, 0.29) is 51.1 Å². The third-order valence-electron chi connectivity index (χ3n) is 3.89. The highest BCUT2D eigenvalue weighted by Gasteiger charge is 2.19. The van der Waals surface area contributed by atoms with Crippen molar-refractivity contribution in [3.05, 3.63) is 12.2 Å². The Labute approximate surface area is 206 Å². The van der Waals surface area contributed by atoms with Crippen LogP contribution in [0.2, 0.25) is 0 Å². The number of carbonyl (C=O) groups is 4. The lowest BCUT2D eigenvalue weighted by molar-refractivity contribution is -0.148. The van der Waals surface area contributed by atoms with Gasteiger partial charge in [-0.2, -0.15) is 0 Å². The summed E-state index contributed by atoms with van der Waals surface area (Å²) < 4.78 is 40.1. The standard InChI is InChI=1S/C23H38O12/c1-6-28-9-7-8-10-29-15-19(35-23(27)33-14-12-31-21(25)18(4)5)16-34-22(26)32-13-11-30-20(24)17(2)3/h18-19H,2,6-16H2,1,3-5H3. The molecule has 202 valence electrons. The van der Waals surface area contributed by atoms with E-state index in [1.165, 1.54) is 6.92 Å². The van der Waals surface area contributed by atoms with Crippen LogP contribution in [-0.4, -0.2) is 89.8 Å². The minimum Gasteiger partial charge on any atom is -0.462 e. The molecule has 35 heavy (non-hydrogen) atoms. The zero-order valence-corrected chi connectivity index (χ0v) is 21.0. The average Bonchev–Trinajstić information content (AvgIpc) is 2.81. The summed E-state index contributed by atoms with van der Waals surface area (Å²) in [5.41, 5.74) is 0.218. The molecular weight excluding hydrogens is 468 g/mol. The van der Waals surface area contributed by atoms with Crippen molar-refractivity contribution in [3.8, 4) is 0 Å². The molecule has 12 heteroatoms. The van der Waals surface area contributed by atoms with Gasteiger partial charge in [0.05, 0.1) is 12.5 Å². The lowest BCUT2D eigenvalue weighted by Crippen LogP contribution is -2.31. The summed E-state index contributed by atoms with van der Waals surface area (Å²) in [5, 5.41) is 0. The second-order valence-corrected chi connectivity index (χ2v) is 7.47. The molecule has 0 spiro atoms. The van der Waals surface area contributed by atoms with Gasteiger partial charge in [-0.1, -0.05) is 20.4 Å². The van der Waals surface area contributed by atoms with E-state index < -0.39 is 30.4 Å². The van der Waals surface area contributed by atoms with Crippen LogP contribution in [-0.2, 0) is 47.5 Å². The summed E-state index contributed by atoms with van der Waals surface area (Å²) in [7, 11) is 0. The van der Waals surface area contributed by atoms with E-state index in [1.54, 1.807) is 13.8 Å². The van der Waals surface area contributed by atoms with E-state index in [2.05, 4.69) is 6.58 Å². The van der Waals surface area contributed by atoms with Crippen molar-refractivity contribution in [1.82, 2.24) is 0 Å². The second-order valence-electron chi connectivity index (χ2n) is 7.47. The maximum absolute atomic E-state index is 11.9. The van der Waals surface area contributed by atoms with Gasteiger partial charge in [0.15, 0.2) is 6.10 Å². The highest BCUT2D eigenvalue weighted by Crippen LogP contribution is 2.03. The number of hydrogen-bond acceptors (Lipinski definition) is 12. The number of ether oxygens (including phenoxy) is 8. The van der Waals surface area contributed by atoms with E-state index >= 15 is 0 Å². The van der Waals surface area contributed by atoms with Gasteiger partial charge in [0, 0.05) is 25.4 Å².